The fourth-order valence-corrected chi connectivity index (χ4v) is 2.08. The highest BCUT2D eigenvalue weighted by Crippen LogP contribution is 2.24. The van der Waals surface area contributed by atoms with Gasteiger partial charge in [-0.25, -0.2) is 0 Å². The van der Waals surface area contributed by atoms with Gasteiger partial charge in [-0.15, -0.1) is 16.9 Å². The maximum Gasteiger partial charge on any atom is 0.137 e. The van der Waals surface area contributed by atoms with Gasteiger partial charge in [-0.2, -0.15) is 10.4 Å². The molecule has 0 radical (unpaired) electrons. The lowest BCUT2D eigenvalue weighted by molar-refractivity contribution is 0.250. The minimum atomic E-state index is 0.146. The molecule has 0 spiro atoms. The molecule has 1 unspecified atom stereocenters. The van der Waals surface area contributed by atoms with Crippen LogP contribution in [0.15, 0.2) is 5.03 Å². The molecule has 16 heavy (non-hydrogen) atoms. The van der Waals surface area contributed by atoms with Gasteiger partial charge >= 0.3 is 0 Å². The molecule has 1 aromatic heterocycles. The number of aliphatic hydroxyl groups excluding tert-OH is 1. The number of nitrogens with zero attached hydrogens (tertiary/aromatic N) is 3. The maximum atomic E-state index is 9.07. The van der Waals surface area contributed by atoms with Crippen LogP contribution in [0.2, 0.25) is 0 Å². The van der Waals surface area contributed by atoms with Crippen molar-refractivity contribution in [1.29, 1.82) is 5.26 Å². The molecule has 0 saturated carbocycles. The molecule has 0 aromatic carbocycles. The Bertz CT molecular complexity index is 414. The van der Waals surface area contributed by atoms with E-state index in [2.05, 4.69) is 16.3 Å². The lowest BCUT2D eigenvalue weighted by Gasteiger charge is -2.09. The summed E-state index contributed by atoms with van der Waals surface area (Å²) in [6.45, 7) is 5.82. The summed E-state index contributed by atoms with van der Waals surface area (Å²) >= 11 is 1.47. The van der Waals surface area contributed by atoms with Crippen LogP contribution in [0.25, 0.3) is 0 Å². The van der Waals surface area contributed by atoms with Crippen molar-refractivity contribution in [3.63, 3.8) is 0 Å². The minimum Gasteiger partial charge on any atom is -0.396 e. The van der Waals surface area contributed by atoms with Gasteiger partial charge in [0, 0.05) is 12.4 Å². The zero-order valence-corrected chi connectivity index (χ0v) is 10.5. The molecule has 1 heterocycles. The van der Waals surface area contributed by atoms with E-state index in [1.807, 2.05) is 20.8 Å². The third-order valence-corrected chi connectivity index (χ3v) is 3.65. The normalized spacial score (nSPS) is 12.2. The molecule has 0 amide bonds. The highest BCUT2D eigenvalue weighted by Gasteiger charge is 2.12. The predicted molar refractivity (Wildman–Crippen MR) is 63.2 cm³/mol. The molecule has 86 valence electrons. The lowest BCUT2D eigenvalue weighted by atomic mass is 10.1. The lowest BCUT2D eigenvalue weighted by Crippen LogP contribution is -2.05. The van der Waals surface area contributed by atoms with Crippen molar-refractivity contribution in [2.45, 2.75) is 25.8 Å². The van der Waals surface area contributed by atoms with E-state index in [4.69, 9.17) is 10.4 Å². The van der Waals surface area contributed by atoms with E-state index in [1.54, 1.807) is 0 Å². The van der Waals surface area contributed by atoms with Crippen LogP contribution in [0.1, 0.15) is 23.7 Å². The van der Waals surface area contributed by atoms with Crippen LogP contribution in [0, 0.1) is 31.1 Å². The molecule has 0 aliphatic heterocycles. The van der Waals surface area contributed by atoms with E-state index in [1.165, 1.54) is 11.8 Å². The predicted octanol–water partition coefficient (Wildman–Crippen LogP) is 1.69. The summed E-state index contributed by atoms with van der Waals surface area (Å²) in [5.41, 5.74) is 2.27. The Kier molecular flexibility index (Phi) is 4.71. The van der Waals surface area contributed by atoms with E-state index >= 15 is 0 Å². The van der Waals surface area contributed by atoms with Crippen LogP contribution < -0.4 is 0 Å². The van der Waals surface area contributed by atoms with Crippen molar-refractivity contribution in [2.24, 2.45) is 5.92 Å². The highest BCUT2D eigenvalue weighted by molar-refractivity contribution is 7.99. The SMILES string of the molecule is Cc1nnc(SCC(C)CO)c(C#N)c1C. The second-order valence-electron chi connectivity index (χ2n) is 3.80. The molecule has 1 aromatic rings. The van der Waals surface area contributed by atoms with Crippen molar-refractivity contribution in [2.75, 3.05) is 12.4 Å². The molecule has 0 aliphatic carbocycles. The number of aryl methyl sites for hydroxylation is 1. The topological polar surface area (TPSA) is 69.8 Å². The average Bonchev–Trinajstić information content (AvgIpc) is 2.30. The summed E-state index contributed by atoms with van der Waals surface area (Å²) in [6, 6.07) is 2.16. The van der Waals surface area contributed by atoms with Crippen molar-refractivity contribution >= 4 is 11.8 Å². The van der Waals surface area contributed by atoms with Gasteiger partial charge in [0.25, 0.3) is 0 Å². The van der Waals surface area contributed by atoms with Crippen LogP contribution in [0.3, 0.4) is 0 Å². The quantitative estimate of drug-likeness (QED) is 0.807. The van der Waals surface area contributed by atoms with Crippen molar-refractivity contribution in [3.05, 3.63) is 16.8 Å². The third kappa shape index (κ3) is 2.94. The summed E-state index contributed by atoms with van der Waals surface area (Å²) in [6.07, 6.45) is 0. The van der Waals surface area contributed by atoms with Gasteiger partial charge in [0.15, 0.2) is 0 Å². The molecule has 0 fully saturated rings. The standard InChI is InChI=1S/C11H15N3OS/c1-7(5-15)6-16-11-10(4-12)8(2)9(3)13-14-11/h7,15H,5-6H2,1-3H3. The zero-order valence-electron chi connectivity index (χ0n) is 9.69. The average molecular weight is 237 g/mol. The van der Waals surface area contributed by atoms with Gasteiger partial charge in [-0.3, -0.25) is 0 Å². The second-order valence-corrected chi connectivity index (χ2v) is 4.81. The molecule has 5 heteroatoms. The Balaban J connectivity index is 2.89. The number of hydrogen-bond donors (Lipinski definition) is 1. The van der Waals surface area contributed by atoms with E-state index in [9.17, 15) is 0 Å². The van der Waals surface area contributed by atoms with Crippen molar-refractivity contribution in [1.82, 2.24) is 10.2 Å². The second kappa shape index (κ2) is 5.83. The summed E-state index contributed by atoms with van der Waals surface area (Å²) in [5, 5.41) is 26.7. The van der Waals surface area contributed by atoms with E-state index in [0.29, 0.717) is 10.6 Å². The van der Waals surface area contributed by atoms with Gasteiger partial charge in [0.2, 0.25) is 0 Å². The number of aromatic nitrogens is 2. The number of rotatable bonds is 4. The first kappa shape index (κ1) is 12.9. The van der Waals surface area contributed by atoms with Gasteiger partial charge in [0.1, 0.15) is 11.1 Å². The largest absolute Gasteiger partial charge is 0.396 e. The number of thioether (sulfide) groups is 1. The van der Waals surface area contributed by atoms with Crippen LogP contribution in [-0.4, -0.2) is 27.7 Å². The van der Waals surface area contributed by atoms with E-state index in [0.717, 1.165) is 17.0 Å². The monoisotopic (exact) mass is 237 g/mol. The number of aliphatic hydroxyl groups is 1. The van der Waals surface area contributed by atoms with Gasteiger partial charge in [0.05, 0.1) is 11.3 Å². The Morgan fingerprint density at radius 1 is 1.44 bits per heavy atom. The van der Waals surface area contributed by atoms with Crippen LogP contribution in [-0.2, 0) is 0 Å². The van der Waals surface area contributed by atoms with Gasteiger partial charge in [-0.05, 0) is 25.3 Å². The number of nitriles is 1. The molecular formula is C11H15N3OS. The summed E-state index contributed by atoms with van der Waals surface area (Å²) < 4.78 is 0. The Labute approximate surface area is 99.7 Å². The summed E-state index contributed by atoms with van der Waals surface area (Å²) in [5.74, 6) is 0.933. The Morgan fingerprint density at radius 3 is 2.69 bits per heavy atom. The number of hydrogen-bond acceptors (Lipinski definition) is 5. The Hall–Kier alpha value is -1.12. The van der Waals surface area contributed by atoms with Crippen LogP contribution in [0.5, 0.6) is 0 Å². The molecule has 1 rings (SSSR count). The first-order valence-electron chi connectivity index (χ1n) is 5.07. The van der Waals surface area contributed by atoms with Crippen LogP contribution >= 0.6 is 11.8 Å². The fourth-order valence-electron chi connectivity index (χ4n) is 1.09. The molecule has 0 saturated heterocycles. The Morgan fingerprint density at radius 2 is 2.12 bits per heavy atom. The molecule has 1 N–H and O–H groups in total. The van der Waals surface area contributed by atoms with Crippen molar-refractivity contribution < 1.29 is 5.11 Å². The summed E-state index contributed by atoms with van der Waals surface area (Å²) in [7, 11) is 0. The van der Waals surface area contributed by atoms with Crippen LogP contribution in [0.4, 0.5) is 0 Å². The van der Waals surface area contributed by atoms with Gasteiger partial charge in [-0.1, -0.05) is 6.92 Å². The first-order chi connectivity index (χ1) is 7.60. The summed E-state index contributed by atoms with van der Waals surface area (Å²) in [4.78, 5) is 0. The molecule has 0 bridgehead atoms. The zero-order chi connectivity index (χ0) is 12.1. The van der Waals surface area contributed by atoms with E-state index in [-0.39, 0.29) is 12.5 Å². The first-order valence-corrected chi connectivity index (χ1v) is 6.06. The fraction of sp³-hybridized carbons (Fsp3) is 0.545. The van der Waals surface area contributed by atoms with E-state index < -0.39 is 0 Å². The third-order valence-electron chi connectivity index (χ3n) is 2.35. The molecule has 1 atom stereocenters. The minimum absolute atomic E-state index is 0.146. The smallest absolute Gasteiger partial charge is 0.137 e. The molecule has 0 aliphatic rings. The van der Waals surface area contributed by atoms with Crippen molar-refractivity contribution in [3.8, 4) is 6.07 Å². The molecule has 4 nitrogen and oxygen atoms in total. The highest BCUT2D eigenvalue weighted by atomic mass is 32.2. The molecular weight excluding hydrogens is 222 g/mol. The van der Waals surface area contributed by atoms with Gasteiger partial charge < -0.3 is 5.11 Å². The maximum absolute atomic E-state index is 9.07.